The number of rotatable bonds is 11. The third-order valence-corrected chi connectivity index (χ3v) is 4.46. The molecule has 0 rings (SSSR count). The Labute approximate surface area is 132 Å². The first-order valence-electron chi connectivity index (χ1n) is 6.87. The molecule has 0 amide bonds. The highest BCUT2D eigenvalue weighted by Crippen LogP contribution is 2.52. The normalized spacial score (nSPS) is 19.1. The first kappa shape index (κ1) is 21.5. The van der Waals surface area contributed by atoms with Crippen LogP contribution in [0.1, 0.15) is 33.6 Å². The second-order valence-electron chi connectivity index (χ2n) is 4.67. The van der Waals surface area contributed by atoms with Gasteiger partial charge in [-0.2, -0.15) is 0 Å². The van der Waals surface area contributed by atoms with Crippen LogP contribution >= 0.6 is 7.82 Å². The maximum Gasteiger partial charge on any atom is 0.473 e. The van der Waals surface area contributed by atoms with Gasteiger partial charge in [0.05, 0.1) is 18.4 Å². The minimum Gasteiger partial charge on any atom is -0.481 e. The maximum atomic E-state index is 11.9. The molecule has 0 aliphatic carbocycles. The van der Waals surface area contributed by atoms with Crippen LogP contribution in [0.5, 0.6) is 0 Å². The van der Waals surface area contributed by atoms with Crippen LogP contribution in [0.2, 0.25) is 0 Å². The number of aliphatic carboxylic acids is 3. The Morgan fingerprint density at radius 1 is 1.00 bits per heavy atom. The van der Waals surface area contributed by atoms with Crippen LogP contribution in [0.15, 0.2) is 0 Å². The molecule has 0 aromatic heterocycles. The highest BCUT2D eigenvalue weighted by molar-refractivity contribution is 7.47. The summed E-state index contributed by atoms with van der Waals surface area (Å²) in [6.45, 7) is 3.61. The zero-order chi connectivity index (χ0) is 18.4. The molecule has 3 unspecified atom stereocenters. The molecule has 3 atom stereocenters. The second-order valence-corrected chi connectivity index (χ2v) is 6.05. The molecule has 0 saturated carbocycles. The van der Waals surface area contributed by atoms with Gasteiger partial charge >= 0.3 is 25.7 Å². The summed E-state index contributed by atoms with van der Waals surface area (Å²) in [7, 11) is -4.99. The molecule has 0 fully saturated rings. The number of hydrogen-bond acceptors (Lipinski definition) is 6. The summed E-state index contributed by atoms with van der Waals surface area (Å²) < 4.78 is 21.0. The fraction of sp³-hybridized carbons (Fsp3) is 0.750. The lowest BCUT2D eigenvalue weighted by molar-refractivity contribution is -0.186. The third kappa shape index (κ3) is 4.74. The first-order valence-corrected chi connectivity index (χ1v) is 8.36. The fourth-order valence-electron chi connectivity index (χ4n) is 2.41. The van der Waals surface area contributed by atoms with Crippen LogP contribution < -0.4 is 0 Å². The van der Waals surface area contributed by atoms with Crippen molar-refractivity contribution in [2.45, 2.75) is 39.2 Å². The van der Waals surface area contributed by atoms with Crippen molar-refractivity contribution in [3.63, 3.8) is 0 Å². The van der Waals surface area contributed by atoms with Crippen LogP contribution in [0.4, 0.5) is 0 Å². The van der Waals surface area contributed by atoms with Crippen molar-refractivity contribution in [2.24, 2.45) is 11.8 Å². The van der Waals surface area contributed by atoms with E-state index in [0.29, 0.717) is 0 Å². The number of carboxylic acids is 3. The molecule has 11 heteroatoms. The van der Waals surface area contributed by atoms with E-state index >= 15 is 0 Å². The molecule has 0 spiro atoms. The minimum atomic E-state index is -4.99. The zero-order valence-electron chi connectivity index (χ0n) is 13.0. The van der Waals surface area contributed by atoms with Crippen LogP contribution in [0, 0.1) is 11.8 Å². The van der Waals surface area contributed by atoms with E-state index in [1.807, 2.05) is 0 Å². The number of carbonyl (C=O) groups is 3. The number of phosphoric ester groups is 1. The summed E-state index contributed by atoms with van der Waals surface area (Å²) in [6, 6.07) is 0. The molecule has 23 heavy (non-hydrogen) atoms. The SMILES string of the molecule is CCOP(=O)(O)OC(C(=O)O)(C(CC)C(=O)O)C(CC)C(=O)O. The van der Waals surface area contributed by atoms with Gasteiger partial charge in [0.1, 0.15) is 0 Å². The van der Waals surface area contributed by atoms with E-state index in [-0.39, 0.29) is 19.4 Å². The van der Waals surface area contributed by atoms with Gasteiger partial charge in [0.25, 0.3) is 0 Å². The molecule has 0 radical (unpaired) electrons. The smallest absolute Gasteiger partial charge is 0.473 e. The average molecular weight is 356 g/mol. The summed E-state index contributed by atoms with van der Waals surface area (Å²) in [4.78, 5) is 44.2. The van der Waals surface area contributed by atoms with Crippen molar-refractivity contribution >= 4 is 25.7 Å². The van der Waals surface area contributed by atoms with Crippen LogP contribution in [0.3, 0.4) is 0 Å². The Morgan fingerprint density at radius 2 is 1.39 bits per heavy atom. The highest BCUT2D eigenvalue weighted by atomic mass is 31.2. The highest BCUT2D eigenvalue weighted by Gasteiger charge is 2.61. The van der Waals surface area contributed by atoms with Gasteiger partial charge in [-0.15, -0.1) is 0 Å². The van der Waals surface area contributed by atoms with Gasteiger partial charge in [0, 0.05) is 0 Å². The van der Waals surface area contributed by atoms with Gasteiger partial charge in [-0.25, -0.2) is 9.36 Å². The number of carboxylic acid groups (broad SMARTS) is 3. The predicted molar refractivity (Wildman–Crippen MR) is 75.7 cm³/mol. The molecule has 10 nitrogen and oxygen atoms in total. The molecule has 0 aliphatic heterocycles. The minimum absolute atomic E-state index is 0.322. The first-order chi connectivity index (χ1) is 10.5. The lowest BCUT2D eigenvalue weighted by atomic mass is 9.74. The lowest BCUT2D eigenvalue weighted by Gasteiger charge is -2.38. The van der Waals surface area contributed by atoms with E-state index in [0.717, 1.165) is 0 Å². The molecule has 0 aromatic rings. The van der Waals surface area contributed by atoms with Gasteiger partial charge in [0.2, 0.25) is 5.60 Å². The molecule has 0 saturated heterocycles. The van der Waals surface area contributed by atoms with E-state index in [4.69, 9.17) is 0 Å². The fourth-order valence-corrected chi connectivity index (χ4v) is 3.50. The van der Waals surface area contributed by atoms with Crippen molar-refractivity contribution in [1.29, 1.82) is 0 Å². The summed E-state index contributed by atoms with van der Waals surface area (Å²) in [5, 5.41) is 28.0. The predicted octanol–water partition coefficient (Wildman–Crippen LogP) is 1.18. The van der Waals surface area contributed by atoms with Gasteiger partial charge in [-0.05, 0) is 19.8 Å². The van der Waals surface area contributed by atoms with E-state index in [1.54, 1.807) is 0 Å². The standard InChI is InChI=1S/C12H21O10P/c1-4-7(9(13)14)12(11(17)18,8(5-2)10(15)16)22-23(19,20)21-6-3/h7-8H,4-6H2,1-3H3,(H,13,14)(H,15,16)(H,17,18)(H,19,20). The Balaban J connectivity index is 6.39. The Morgan fingerprint density at radius 3 is 1.61 bits per heavy atom. The van der Waals surface area contributed by atoms with Crippen molar-refractivity contribution in [3.05, 3.63) is 0 Å². The Hall–Kier alpha value is -1.48. The number of phosphoric acid groups is 1. The molecule has 0 aromatic carbocycles. The van der Waals surface area contributed by atoms with E-state index < -0.39 is 43.2 Å². The molecule has 0 heterocycles. The Bertz CT molecular complexity index is 480. The van der Waals surface area contributed by atoms with Crippen LogP contribution in [-0.4, -0.2) is 50.3 Å². The molecule has 0 bridgehead atoms. The van der Waals surface area contributed by atoms with Crippen molar-refractivity contribution in [3.8, 4) is 0 Å². The monoisotopic (exact) mass is 356 g/mol. The van der Waals surface area contributed by atoms with Crippen molar-refractivity contribution in [1.82, 2.24) is 0 Å². The summed E-state index contributed by atoms with van der Waals surface area (Å²) >= 11 is 0. The molecular formula is C12H21O10P. The molecule has 0 aliphatic rings. The molecule has 4 N–H and O–H groups in total. The van der Waals surface area contributed by atoms with Crippen LogP contribution in [-0.2, 0) is 28.0 Å². The number of hydrogen-bond donors (Lipinski definition) is 4. The summed E-state index contributed by atoms with van der Waals surface area (Å²) in [6.07, 6.45) is -0.672. The maximum absolute atomic E-state index is 11.9. The van der Waals surface area contributed by atoms with Gasteiger partial charge < -0.3 is 20.2 Å². The van der Waals surface area contributed by atoms with Gasteiger partial charge in [0.15, 0.2) is 0 Å². The van der Waals surface area contributed by atoms with Crippen LogP contribution in [0.25, 0.3) is 0 Å². The Kier molecular flexibility index (Phi) is 7.85. The van der Waals surface area contributed by atoms with Gasteiger partial charge in [-0.1, -0.05) is 13.8 Å². The molecular weight excluding hydrogens is 335 g/mol. The lowest BCUT2D eigenvalue weighted by Crippen LogP contribution is -2.58. The summed E-state index contributed by atoms with van der Waals surface area (Å²) in [5.74, 6) is -9.03. The quantitative estimate of drug-likeness (QED) is 0.394. The zero-order valence-corrected chi connectivity index (χ0v) is 13.9. The third-order valence-electron chi connectivity index (χ3n) is 3.34. The second kappa shape index (κ2) is 8.39. The van der Waals surface area contributed by atoms with Crippen molar-refractivity contribution < 1.29 is 48.2 Å². The van der Waals surface area contributed by atoms with E-state index in [2.05, 4.69) is 9.05 Å². The molecule has 134 valence electrons. The summed E-state index contributed by atoms with van der Waals surface area (Å²) in [5.41, 5.74) is -2.96. The largest absolute Gasteiger partial charge is 0.481 e. The van der Waals surface area contributed by atoms with Crippen molar-refractivity contribution in [2.75, 3.05) is 6.61 Å². The topological polar surface area (TPSA) is 168 Å². The average Bonchev–Trinajstić information content (AvgIpc) is 2.37. The van der Waals surface area contributed by atoms with Gasteiger partial charge in [-0.3, -0.25) is 18.6 Å². The van der Waals surface area contributed by atoms with E-state index in [1.165, 1.54) is 20.8 Å². The van der Waals surface area contributed by atoms with E-state index in [9.17, 15) is 39.2 Å².